The Labute approximate surface area is 209 Å². The lowest BCUT2D eigenvalue weighted by molar-refractivity contribution is -0.193. The van der Waals surface area contributed by atoms with Gasteiger partial charge in [-0.2, -0.15) is 0 Å². The SMILES string of the molecule is CC1(C)CCC2(C)CCC3(C)C(=CCC4C5(C)CCC(CC(=O)O)C(C)(C)C5CCC43C)C2C1. The number of allylic oxidation sites excluding steroid dienone is 2. The fourth-order valence-corrected chi connectivity index (χ4v) is 11.2. The van der Waals surface area contributed by atoms with Crippen LogP contribution in [0.4, 0.5) is 0 Å². The molecule has 8 atom stereocenters. The minimum absolute atomic E-state index is 0.107. The molecule has 5 aliphatic rings. The van der Waals surface area contributed by atoms with Crippen LogP contribution in [0.2, 0.25) is 0 Å². The molecule has 5 rings (SSSR count). The van der Waals surface area contributed by atoms with Gasteiger partial charge in [0, 0.05) is 6.42 Å². The lowest BCUT2D eigenvalue weighted by Gasteiger charge is -2.71. The molecule has 0 radical (unpaired) electrons. The second-order valence-corrected chi connectivity index (χ2v) is 16.0. The van der Waals surface area contributed by atoms with Crippen LogP contribution >= 0.6 is 0 Å². The molecule has 4 saturated carbocycles. The van der Waals surface area contributed by atoms with Crippen molar-refractivity contribution in [2.75, 3.05) is 0 Å². The number of fused-ring (bicyclic) bond motifs is 7. The van der Waals surface area contributed by atoms with E-state index in [1.54, 1.807) is 0 Å². The van der Waals surface area contributed by atoms with Crippen LogP contribution in [0.1, 0.15) is 126 Å². The Morgan fingerprint density at radius 1 is 0.882 bits per heavy atom. The number of carbonyl (C=O) groups is 1. The molecule has 0 amide bonds. The van der Waals surface area contributed by atoms with Crippen LogP contribution in [-0.2, 0) is 4.79 Å². The molecule has 4 fully saturated rings. The van der Waals surface area contributed by atoms with Gasteiger partial charge in [0.2, 0.25) is 0 Å². The Morgan fingerprint density at radius 3 is 2.24 bits per heavy atom. The maximum absolute atomic E-state index is 11.7. The molecule has 0 heterocycles. The van der Waals surface area contributed by atoms with Gasteiger partial charge in [0.25, 0.3) is 0 Å². The number of aliphatic carboxylic acids is 1. The van der Waals surface area contributed by atoms with Crippen LogP contribution in [0, 0.1) is 56.2 Å². The average molecular weight is 469 g/mol. The predicted molar refractivity (Wildman–Crippen MR) is 140 cm³/mol. The van der Waals surface area contributed by atoms with Gasteiger partial charge in [-0.15, -0.1) is 0 Å². The van der Waals surface area contributed by atoms with E-state index in [-0.39, 0.29) is 5.41 Å². The first kappa shape index (κ1) is 24.9. The van der Waals surface area contributed by atoms with Gasteiger partial charge in [-0.05, 0) is 120 Å². The normalized spacial score (nSPS) is 51.2. The van der Waals surface area contributed by atoms with E-state index in [0.717, 1.165) is 18.3 Å². The maximum atomic E-state index is 11.7. The minimum atomic E-state index is -0.610. The smallest absolute Gasteiger partial charge is 0.303 e. The highest BCUT2D eigenvalue weighted by Crippen LogP contribution is 2.76. The summed E-state index contributed by atoms with van der Waals surface area (Å²) in [7, 11) is 0. The van der Waals surface area contributed by atoms with E-state index >= 15 is 0 Å². The number of hydrogen-bond donors (Lipinski definition) is 1. The van der Waals surface area contributed by atoms with Crippen LogP contribution in [0.3, 0.4) is 0 Å². The second-order valence-electron chi connectivity index (χ2n) is 16.0. The van der Waals surface area contributed by atoms with Gasteiger partial charge in [0.1, 0.15) is 0 Å². The lowest BCUT2D eigenvalue weighted by Crippen LogP contribution is -2.63. The fourth-order valence-electron chi connectivity index (χ4n) is 11.2. The summed E-state index contributed by atoms with van der Waals surface area (Å²) in [6.07, 6.45) is 16.2. The van der Waals surface area contributed by atoms with Crippen molar-refractivity contribution < 1.29 is 9.90 Å². The van der Waals surface area contributed by atoms with Crippen molar-refractivity contribution in [3.05, 3.63) is 11.6 Å². The topological polar surface area (TPSA) is 37.3 Å². The van der Waals surface area contributed by atoms with Crippen molar-refractivity contribution in [1.29, 1.82) is 0 Å². The van der Waals surface area contributed by atoms with Crippen LogP contribution in [-0.4, -0.2) is 11.1 Å². The monoisotopic (exact) mass is 468 g/mol. The first-order chi connectivity index (χ1) is 15.6. The van der Waals surface area contributed by atoms with E-state index in [2.05, 4.69) is 61.5 Å². The van der Waals surface area contributed by atoms with Crippen molar-refractivity contribution in [3.8, 4) is 0 Å². The van der Waals surface area contributed by atoms with Crippen molar-refractivity contribution in [2.24, 2.45) is 56.2 Å². The number of carboxylic acid groups (broad SMARTS) is 1. The molecular formula is C32H52O2. The molecule has 0 aromatic carbocycles. The molecule has 34 heavy (non-hydrogen) atoms. The van der Waals surface area contributed by atoms with Crippen LogP contribution in [0.5, 0.6) is 0 Å². The summed E-state index contributed by atoms with van der Waals surface area (Å²) in [6, 6.07) is 0. The molecule has 0 spiro atoms. The third kappa shape index (κ3) is 3.21. The van der Waals surface area contributed by atoms with E-state index in [1.807, 2.05) is 5.57 Å². The molecule has 5 aliphatic carbocycles. The average Bonchev–Trinajstić information content (AvgIpc) is 2.72. The van der Waals surface area contributed by atoms with Crippen molar-refractivity contribution >= 4 is 5.97 Å². The molecular weight excluding hydrogens is 416 g/mol. The van der Waals surface area contributed by atoms with E-state index in [1.165, 1.54) is 57.8 Å². The van der Waals surface area contributed by atoms with Gasteiger partial charge in [-0.3, -0.25) is 4.79 Å². The second kappa shape index (κ2) is 7.38. The Kier molecular flexibility index (Phi) is 5.40. The van der Waals surface area contributed by atoms with Gasteiger partial charge >= 0.3 is 5.97 Å². The zero-order valence-corrected chi connectivity index (χ0v) is 23.5. The fraction of sp³-hybridized carbons (Fsp3) is 0.906. The Bertz CT molecular complexity index is 897. The van der Waals surface area contributed by atoms with Crippen LogP contribution in [0.25, 0.3) is 0 Å². The third-order valence-corrected chi connectivity index (χ3v) is 13.7. The lowest BCUT2D eigenvalue weighted by atomic mass is 9.33. The van der Waals surface area contributed by atoms with Gasteiger partial charge in [-0.25, -0.2) is 0 Å². The summed E-state index contributed by atoms with van der Waals surface area (Å²) < 4.78 is 0. The summed E-state index contributed by atoms with van der Waals surface area (Å²) in [5, 5.41) is 9.59. The van der Waals surface area contributed by atoms with E-state index in [0.29, 0.717) is 45.3 Å². The molecule has 0 bridgehead atoms. The number of hydrogen-bond acceptors (Lipinski definition) is 1. The Hall–Kier alpha value is -0.790. The maximum Gasteiger partial charge on any atom is 0.303 e. The summed E-state index contributed by atoms with van der Waals surface area (Å²) in [6.45, 7) is 20.5. The van der Waals surface area contributed by atoms with Crippen molar-refractivity contribution in [2.45, 2.75) is 126 Å². The van der Waals surface area contributed by atoms with E-state index < -0.39 is 5.97 Å². The van der Waals surface area contributed by atoms with Gasteiger partial charge in [-0.1, -0.05) is 67.0 Å². The van der Waals surface area contributed by atoms with E-state index in [9.17, 15) is 9.90 Å². The molecule has 0 aromatic heterocycles. The Balaban J connectivity index is 1.53. The Morgan fingerprint density at radius 2 is 1.56 bits per heavy atom. The quantitative estimate of drug-likeness (QED) is 0.411. The zero-order chi connectivity index (χ0) is 24.9. The van der Waals surface area contributed by atoms with Crippen molar-refractivity contribution in [1.82, 2.24) is 0 Å². The molecule has 192 valence electrons. The molecule has 2 heteroatoms. The summed E-state index contributed by atoms with van der Waals surface area (Å²) >= 11 is 0. The molecule has 0 aliphatic heterocycles. The van der Waals surface area contributed by atoms with Crippen molar-refractivity contribution in [3.63, 3.8) is 0 Å². The predicted octanol–water partition coefficient (Wildman–Crippen LogP) is 8.90. The third-order valence-electron chi connectivity index (χ3n) is 13.7. The van der Waals surface area contributed by atoms with Gasteiger partial charge < -0.3 is 5.11 Å². The summed E-state index contributed by atoms with van der Waals surface area (Å²) in [5.41, 5.74) is 3.94. The highest BCUT2D eigenvalue weighted by molar-refractivity contribution is 5.67. The molecule has 1 N–H and O–H groups in total. The largest absolute Gasteiger partial charge is 0.481 e. The van der Waals surface area contributed by atoms with Crippen LogP contribution < -0.4 is 0 Å². The summed E-state index contributed by atoms with van der Waals surface area (Å²) in [4.78, 5) is 11.7. The molecule has 0 aromatic rings. The van der Waals surface area contributed by atoms with E-state index in [4.69, 9.17) is 0 Å². The number of rotatable bonds is 2. The molecule has 2 nitrogen and oxygen atoms in total. The van der Waals surface area contributed by atoms with Gasteiger partial charge in [0.15, 0.2) is 0 Å². The summed E-state index contributed by atoms with van der Waals surface area (Å²) in [5.74, 6) is 1.83. The number of carboxylic acids is 1. The van der Waals surface area contributed by atoms with Gasteiger partial charge in [0.05, 0.1) is 0 Å². The standard InChI is InChI=1S/C32H52O2/c1-27(2)15-16-29(5)17-18-31(7)22(23(29)20-27)9-10-25-30(6)13-11-21(19-26(33)34)28(3,4)24(30)12-14-32(25,31)8/h9,21,23-25H,10-20H2,1-8H3,(H,33,34). The highest BCUT2D eigenvalue weighted by atomic mass is 16.4. The molecule has 8 unspecified atom stereocenters. The molecule has 0 saturated heterocycles. The zero-order valence-electron chi connectivity index (χ0n) is 23.5. The first-order valence-electron chi connectivity index (χ1n) is 14.5. The first-order valence-corrected chi connectivity index (χ1v) is 14.5. The van der Waals surface area contributed by atoms with Crippen LogP contribution in [0.15, 0.2) is 11.6 Å². The minimum Gasteiger partial charge on any atom is -0.481 e. The highest BCUT2D eigenvalue weighted by Gasteiger charge is 2.67.